The van der Waals surface area contributed by atoms with Crippen LogP contribution in [0.1, 0.15) is 11.1 Å². The summed E-state index contributed by atoms with van der Waals surface area (Å²) in [7, 11) is 0. The number of hydrogen-bond acceptors (Lipinski definition) is 2. The average Bonchev–Trinajstić information content (AvgIpc) is 2.80. The number of quaternary nitrogens is 1. The topological polar surface area (TPSA) is 34.0 Å². The molecule has 0 radical (unpaired) electrons. The quantitative estimate of drug-likeness (QED) is 0.689. The minimum absolute atomic E-state index is 0.0667. The van der Waals surface area contributed by atoms with Crippen molar-refractivity contribution in [3.8, 4) is 16.9 Å². The summed E-state index contributed by atoms with van der Waals surface area (Å²) < 4.78 is 5.75. The van der Waals surface area contributed by atoms with Gasteiger partial charge in [-0.15, -0.1) is 0 Å². The Kier molecular flexibility index (Phi) is 6.45. The third kappa shape index (κ3) is 5.08. The van der Waals surface area contributed by atoms with Crippen LogP contribution in [0.15, 0.2) is 78.9 Å². The highest BCUT2D eigenvalue weighted by atomic mass is 16.5. The summed E-state index contributed by atoms with van der Waals surface area (Å²) in [6.45, 7) is 6.82. The van der Waals surface area contributed by atoms with Crippen molar-refractivity contribution in [1.29, 1.82) is 0 Å². The van der Waals surface area contributed by atoms with Crippen LogP contribution in [0.4, 0.5) is 0 Å². The first-order valence-corrected chi connectivity index (χ1v) is 10.6. The van der Waals surface area contributed by atoms with E-state index in [1.165, 1.54) is 21.6 Å². The molecule has 1 aliphatic heterocycles. The zero-order valence-electron chi connectivity index (χ0n) is 17.5. The molecule has 4 heteroatoms. The van der Waals surface area contributed by atoms with E-state index in [9.17, 15) is 4.79 Å². The van der Waals surface area contributed by atoms with Crippen LogP contribution in [0.2, 0.25) is 0 Å². The van der Waals surface area contributed by atoms with Gasteiger partial charge in [0.05, 0.1) is 26.2 Å². The largest absolute Gasteiger partial charge is 0.484 e. The lowest BCUT2D eigenvalue weighted by molar-refractivity contribution is -0.917. The average molecular weight is 402 g/mol. The van der Waals surface area contributed by atoms with Crippen molar-refractivity contribution >= 4 is 5.91 Å². The fourth-order valence-electron chi connectivity index (χ4n) is 3.94. The predicted molar refractivity (Wildman–Crippen MR) is 120 cm³/mol. The molecule has 0 spiro atoms. The van der Waals surface area contributed by atoms with E-state index in [1.54, 1.807) is 0 Å². The van der Waals surface area contributed by atoms with Gasteiger partial charge in [0.2, 0.25) is 0 Å². The number of ether oxygens (including phenoxy) is 1. The molecule has 0 saturated carbocycles. The standard InChI is InChI=1S/C26H28N2O2/c1-21-7-5-6-10-24(21)19-27-15-17-28(18-16-27)26(29)20-30-25-13-11-23(12-14-25)22-8-3-2-4-9-22/h2-14H,15-20H2,1H3/p+1. The molecule has 1 N–H and O–H groups in total. The van der Waals surface area contributed by atoms with E-state index in [2.05, 4.69) is 43.3 Å². The van der Waals surface area contributed by atoms with Gasteiger partial charge in [-0.1, -0.05) is 66.7 Å². The summed E-state index contributed by atoms with van der Waals surface area (Å²) >= 11 is 0. The molecule has 30 heavy (non-hydrogen) atoms. The maximum absolute atomic E-state index is 12.6. The molecule has 1 saturated heterocycles. The number of nitrogens with zero attached hydrogens (tertiary/aromatic N) is 1. The van der Waals surface area contributed by atoms with Crippen LogP contribution in [0.3, 0.4) is 0 Å². The number of amides is 1. The second kappa shape index (κ2) is 9.59. The maximum atomic E-state index is 12.6. The third-order valence-electron chi connectivity index (χ3n) is 5.85. The van der Waals surface area contributed by atoms with Gasteiger partial charge in [-0.05, 0) is 35.7 Å². The number of rotatable bonds is 6. The van der Waals surface area contributed by atoms with Crippen molar-refractivity contribution in [2.75, 3.05) is 32.8 Å². The second-order valence-electron chi connectivity index (χ2n) is 7.91. The van der Waals surface area contributed by atoms with Gasteiger partial charge in [-0.2, -0.15) is 0 Å². The molecule has 154 valence electrons. The van der Waals surface area contributed by atoms with Gasteiger partial charge in [0.25, 0.3) is 5.91 Å². The van der Waals surface area contributed by atoms with Crippen molar-refractivity contribution in [2.45, 2.75) is 13.5 Å². The Morgan fingerprint density at radius 2 is 1.50 bits per heavy atom. The molecule has 1 heterocycles. The molecule has 0 aromatic heterocycles. The van der Waals surface area contributed by atoms with Gasteiger partial charge >= 0.3 is 0 Å². The number of piperazine rings is 1. The van der Waals surface area contributed by atoms with E-state index < -0.39 is 0 Å². The van der Waals surface area contributed by atoms with Crippen molar-refractivity contribution in [2.24, 2.45) is 0 Å². The summed E-state index contributed by atoms with van der Waals surface area (Å²) in [5, 5.41) is 0. The van der Waals surface area contributed by atoms with E-state index >= 15 is 0 Å². The molecule has 0 aliphatic carbocycles. The molecule has 0 unspecified atom stereocenters. The number of carbonyl (C=O) groups is 1. The van der Waals surface area contributed by atoms with Gasteiger partial charge in [-0.25, -0.2) is 0 Å². The number of aryl methyl sites for hydroxylation is 1. The van der Waals surface area contributed by atoms with Crippen LogP contribution >= 0.6 is 0 Å². The van der Waals surface area contributed by atoms with E-state index in [0.29, 0.717) is 0 Å². The number of nitrogens with one attached hydrogen (secondary N) is 1. The highest BCUT2D eigenvalue weighted by Crippen LogP contribution is 2.22. The normalized spacial score (nSPS) is 14.5. The lowest BCUT2D eigenvalue weighted by Crippen LogP contribution is -3.13. The van der Waals surface area contributed by atoms with Crippen LogP contribution in [-0.2, 0) is 11.3 Å². The molecular formula is C26H29N2O2+. The molecule has 0 bridgehead atoms. The Hall–Kier alpha value is -3.11. The zero-order valence-corrected chi connectivity index (χ0v) is 17.5. The van der Waals surface area contributed by atoms with Crippen LogP contribution < -0.4 is 9.64 Å². The first-order chi connectivity index (χ1) is 14.7. The Morgan fingerprint density at radius 1 is 0.867 bits per heavy atom. The van der Waals surface area contributed by atoms with Crippen molar-refractivity contribution in [1.82, 2.24) is 4.90 Å². The molecule has 1 aliphatic rings. The monoisotopic (exact) mass is 401 g/mol. The Morgan fingerprint density at radius 3 is 2.20 bits per heavy atom. The maximum Gasteiger partial charge on any atom is 0.260 e. The summed E-state index contributed by atoms with van der Waals surface area (Å²) in [5.41, 5.74) is 5.05. The van der Waals surface area contributed by atoms with Gasteiger partial charge in [-0.3, -0.25) is 4.79 Å². The van der Waals surface area contributed by atoms with Crippen molar-refractivity contribution in [3.63, 3.8) is 0 Å². The molecule has 3 aromatic carbocycles. The van der Waals surface area contributed by atoms with E-state index in [-0.39, 0.29) is 12.5 Å². The van der Waals surface area contributed by atoms with E-state index in [0.717, 1.165) is 44.0 Å². The first kappa shape index (κ1) is 20.2. The SMILES string of the molecule is Cc1ccccc1C[NH+]1CCN(C(=O)COc2ccc(-c3ccccc3)cc2)CC1. The molecular weight excluding hydrogens is 372 g/mol. The van der Waals surface area contributed by atoms with Crippen LogP contribution in [-0.4, -0.2) is 43.6 Å². The fraction of sp³-hybridized carbons (Fsp3) is 0.269. The Bertz CT molecular complexity index is 962. The van der Waals surface area contributed by atoms with Gasteiger partial charge < -0.3 is 14.5 Å². The second-order valence-corrected chi connectivity index (χ2v) is 7.91. The molecule has 1 amide bonds. The lowest BCUT2D eigenvalue weighted by atomic mass is 10.1. The van der Waals surface area contributed by atoms with Gasteiger partial charge in [0, 0.05) is 5.56 Å². The van der Waals surface area contributed by atoms with Crippen molar-refractivity contribution < 1.29 is 14.4 Å². The Balaban J connectivity index is 1.24. The summed E-state index contributed by atoms with van der Waals surface area (Å²) in [6, 6.07) is 26.7. The number of carbonyl (C=O) groups excluding carboxylic acids is 1. The van der Waals surface area contributed by atoms with E-state index in [1.807, 2.05) is 47.4 Å². The van der Waals surface area contributed by atoms with Crippen LogP contribution in [0.5, 0.6) is 5.75 Å². The summed E-state index contributed by atoms with van der Waals surface area (Å²) in [5.74, 6) is 0.795. The predicted octanol–water partition coefficient (Wildman–Crippen LogP) is 2.97. The smallest absolute Gasteiger partial charge is 0.260 e. The van der Waals surface area contributed by atoms with Crippen LogP contribution in [0.25, 0.3) is 11.1 Å². The minimum atomic E-state index is 0.0667. The van der Waals surface area contributed by atoms with E-state index in [4.69, 9.17) is 4.74 Å². The highest BCUT2D eigenvalue weighted by Gasteiger charge is 2.24. The fourth-order valence-corrected chi connectivity index (χ4v) is 3.94. The molecule has 1 fully saturated rings. The number of benzene rings is 3. The van der Waals surface area contributed by atoms with Crippen molar-refractivity contribution in [3.05, 3.63) is 90.0 Å². The van der Waals surface area contributed by atoms with Gasteiger partial charge in [0.15, 0.2) is 6.61 Å². The minimum Gasteiger partial charge on any atom is -0.484 e. The molecule has 0 atom stereocenters. The number of hydrogen-bond donors (Lipinski definition) is 1. The first-order valence-electron chi connectivity index (χ1n) is 10.6. The highest BCUT2D eigenvalue weighted by molar-refractivity contribution is 5.77. The summed E-state index contributed by atoms with van der Waals surface area (Å²) in [6.07, 6.45) is 0. The zero-order chi connectivity index (χ0) is 20.8. The lowest BCUT2D eigenvalue weighted by Gasteiger charge is -2.32. The molecule has 4 rings (SSSR count). The summed E-state index contributed by atoms with van der Waals surface area (Å²) in [4.78, 5) is 16.0. The molecule has 3 aromatic rings. The molecule has 4 nitrogen and oxygen atoms in total. The Labute approximate surface area is 178 Å². The van der Waals surface area contributed by atoms with Gasteiger partial charge in [0.1, 0.15) is 12.3 Å². The van der Waals surface area contributed by atoms with Crippen LogP contribution in [0, 0.1) is 6.92 Å². The third-order valence-corrected chi connectivity index (χ3v) is 5.85.